The van der Waals surface area contributed by atoms with Crippen molar-refractivity contribution < 1.29 is 19.1 Å². The molecule has 28 heavy (non-hydrogen) atoms. The first-order chi connectivity index (χ1) is 13.5. The van der Waals surface area contributed by atoms with Crippen molar-refractivity contribution in [3.05, 3.63) is 45.1 Å². The second-order valence-corrected chi connectivity index (χ2v) is 8.17. The molecular weight excluding hydrogens is 376 g/mol. The maximum absolute atomic E-state index is 12.4. The highest BCUT2D eigenvalue weighted by Crippen LogP contribution is 2.32. The Balaban J connectivity index is 1.61. The fourth-order valence-corrected chi connectivity index (χ4v) is 4.31. The number of benzene rings is 1. The van der Waals surface area contributed by atoms with Crippen molar-refractivity contribution in [3.8, 4) is 11.5 Å². The van der Waals surface area contributed by atoms with E-state index in [0.29, 0.717) is 34.5 Å². The lowest BCUT2D eigenvalue weighted by Crippen LogP contribution is -2.41. The zero-order valence-electron chi connectivity index (χ0n) is 16.5. The number of amides is 2. The Labute approximate surface area is 169 Å². The average Bonchev–Trinajstić information content (AvgIpc) is 3.13. The number of hydrazine groups is 1. The van der Waals surface area contributed by atoms with Crippen molar-refractivity contribution in [1.82, 2.24) is 10.9 Å². The quantitative estimate of drug-likeness (QED) is 0.722. The van der Waals surface area contributed by atoms with Gasteiger partial charge in [-0.2, -0.15) is 0 Å². The topological polar surface area (TPSA) is 76.7 Å². The smallest absolute Gasteiger partial charge is 0.279 e. The van der Waals surface area contributed by atoms with Crippen LogP contribution in [0, 0.1) is 5.92 Å². The Morgan fingerprint density at radius 2 is 1.96 bits per heavy atom. The molecule has 0 spiro atoms. The molecule has 0 aliphatic heterocycles. The highest BCUT2D eigenvalue weighted by molar-refractivity contribution is 7.14. The van der Waals surface area contributed by atoms with Crippen molar-refractivity contribution in [2.45, 2.75) is 39.5 Å². The molecule has 1 unspecified atom stereocenters. The maximum Gasteiger partial charge on any atom is 0.279 e. The number of methoxy groups -OCH3 is 1. The number of carbonyl (C=O) groups excluding carboxylic acids is 2. The number of fused-ring (bicyclic) bond motifs is 1. The van der Waals surface area contributed by atoms with E-state index >= 15 is 0 Å². The molecule has 2 amide bonds. The molecule has 0 fully saturated rings. The predicted octanol–water partition coefficient (Wildman–Crippen LogP) is 3.75. The van der Waals surface area contributed by atoms with Crippen molar-refractivity contribution in [2.24, 2.45) is 5.92 Å². The van der Waals surface area contributed by atoms with Crippen molar-refractivity contribution in [1.29, 1.82) is 0 Å². The van der Waals surface area contributed by atoms with Gasteiger partial charge in [0.2, 0.25) is 0 Å². The van der Waals surface area contributed by atoms with Gasteiger partial charge in [0.25, 0.3) is 11.8 Å². The van der Waals surface area contributed by atoms with Crippen LogP contribution in [0.3, 0.4) is 0 Å². The number of carbonyl (C=O) groups is 2. The summed E-state index contributed by atoms with van der Waals surface area (Å²) in [5, 5.41) is 0. The van der Waals surface area contributed by atoms with Crippen molar-refractivity contribution in [2.75, 3.05) is 13.7 Å². The molecule has 2 aromatic rings. The molecule has 0 radical (unpaired) electrons. The molecule has 1 atom stereocenters. The molecule has 0 bridgehead atoms. The zero-order chi connectivity index (χ0) is 20.1. The van der Waals surface area contributed by atoms with Gasteiger partial charge in [-0.25, -0.2) is 0 Å². The van der Waals surface area contributed by atoms with Crippen LogP contribution in [0.25, 0.3) is 0 Å². The Morgan fingerprint density at radius 1 is 1.18 bits per heavy atom. The number of hydrogen-bond donors (Lipinski definition) is 2. The monoisotopic (exact) mass is 402 g/mol. The van der Waals surface area contributed by atoms with E-state index < -0.39 is 5.91 Å². The van der Waals surface area contributed by atoms with Crippen LogP contribution in [-0.4, -0.2) is 25.5 Å². The molecule has 0 saturated heterocycles. The van der Waals surface area contributed by atoms with Gasteiger partial charge >= 0.3 is 0 Å². The summed E-state index contributed by atoms with van der Waals surface area (Å²) in [7, 11) is 1.52. The predicted molar refractivity (Wildman–Crippen MR) is 109 cm³/mol. The summed E-state index contributed by atoms with van der Waals surface area (Å²) in [6.07, 6.45) is 4.07. The van der Waals surface area contributed by atoms with Crippen LogP contribution in [-0.2, 0) is 12.8 Å². The van der Waals surface area contributed by atoms with Gasteiger partial charge in [0.1, 0.15) is 0 Å². The van der Waals surface area contributed by atoms with E-state index in [9.17, 15) is 9.59 Å². The lowest BCUT2D eigenvalue weighted by Gasteiger charge is -2.16. The van der Waals surface area contributed by atoms with Gasteiger partial charge < -0.3 is 9.47 Å². The summed E-state index contributed by atoms with van der Waals surface area (Å²) in [5.74, 6) is 1.01. The minimum absolute atomic E-state index is 0.296. The van der Waals surface area contributed by atoms with E-state index in [0.717, 1.165) is 25.7 Å². The van der Waals surface area contributed by atoms with Gasteiger partial charge in [0, 0.05) is 10.4 Å². The molecule has 1 aromatic carbocycles. The molecule has 1 aromatic heterocycles. The Hall–Kier alpha value is -2.54. The van der Waals surface area contributed by atoms with Crippen LogP contribution < -0.4 is 20.3 Å². The molecular formula is C21H26N2O4S. The normalized spacial score (nSPS) is 15.5. The van der Waals surface area contributed by atoms with E-state index in [1.165, 1.54) is 28.9 Å². The fourth-order valence-electron chi connectivity index (χ4n) is 3.21. The van der Waals surface area contributed by atoms with Crippen LogP contribution in [0.2, 0.25) is 0 Å². The molecule has 3 rings (SSSR count). The first-order valence-corrected chi connectivity index (χ1v) is 10.4. The van der Waals surface area contributed by atoms with E-state index in [1.54, 1.807) is 18.2 Å². The molecule has 1 heterocycles. The summed E-state index contributed by atoms with van der Waals surface area (Å²) in [6.45, 7) is 4.82. The molecule has 150 valence electrons. The first-order valence-electron chi connectivity index (χ1n) is 9.55. The second-order valence-electron chi connectivity index (χ2n) is 7.03. The third-order valence-corrected chi connectivity index (χ3v) is 5.97. The van der Waals surface area contributed by atoms with Crippen LogP contribution in [0.5, 0.6) is 11.5 Å². The maximum atomic E-state index is 12.4. The number of hydrogen-bond acceptors (Lipinski definition) is 5. The number of nitrogens with one attached hydrogen (secondary N) is 2. The Morgan fingerprint density at radius 3 is 2.71 bits per heavy atom. The first kappa shape index (κ1) is 20.2. The van der Waals surface area contributed by atoms with E-state index in [4.69, 9.17) is 9.47 Å². The molecule has 0 saturated carbocycles. The Kier molecular flexibility index (Phi) is 6.57. The molecule has 1 aliphatic carbocycles. The van der Waals surface area contributed by atoms with Crippen LogP contribution >= 0.6 is 11.3 Å². The number of thiophene rings is 1. The highest BCUT2D eigenvalue weighted by atomic mass is 32.1. The molecule has 6 nitrogen and oxygen atoms in total. The fraction of sp³-hybridized carbons (Fsp3) is 0.429. The van der Waals surface area contributed by atoms with Crippen LogP contribution in [0.1, 0.15) is 57.2 Å². The second kappa shape index (κ2) is 9.10. The van der Waals surface area contributed by atoms with Crippen molar-refractivity contribution >= 4 is 23.2 Å². The van der Waals surface area contributed by atoms with Gasteiger partial charge in [-0.05, 0) is 61.4 Å². The zero-order valence-corrected chi connectivity index (χ0v) is 17.3. The van der Waals surface area contributed by atoms with Gasteiger partial charge in [-0.1, -0.05) is 13.8 Å². The third kappa shape index (κ3) is 4.65. The van der Waals surface area contributed by atoms with E-state index in [2.05, 4.69) is 17.8 Å². The Bertz CT molecular complexity index is 862. The standard InChI is InChI=1S/C21H26N2O4S/c1-4-9-27-16-7-6-14(11-17(16)26-3)20(24)22-23-21(25)19-12-15-10-13(2)5-8-18(15)28-19/h6-7,11-13H,4-5,8-10H2,1-3H3,(H,22,24)(H,23,25). The van der Waals surface area contributed by atoms with Crippen LogP contribution in [0.4, 0.5) is 0 Å². The summed E-state index contributed by atoms with van der Waals surface area (Å²) >= 11 is 1.51. The number of rotatable bonds is 6. The van der Waals surface area contributed by atoms with Crippen LogP contribution in [0.15, 0.2) is 24.3 Å². The molecule has 7 heteroatoms. The minimum Gasteiger partial charge on any atom is -0.493 e. The van der Waals surface area contributed by atoms with Gasteiger partial charge in [0.15, 0.2) is 11.5 Å². The summed E-state index contributed by atoms with van der Waals surface area (Å²) < 4.78 is 10.9. The largest absolute Gasteiger partial charge is 0.493 e. The summed E-state index contributed by atoms with van der Waals surface area (Å²) in [5.41, 5.74) is 6.61. The lowest BCUT2D eigenvalue weighted by molar-refractivity contribution is 0.0848. The van der Waals surface area contributed by atoms with Crippen molar-refractivity contribution in [3.63, 3.8) is 0 Å². The number of aryl methyl sites for hydroxylation is 1. The van der Waals surface area contributed by atoms with Gasteiger partial charge in [-0.15, -0.1) is 11.3 Å². The number of ether oxygens (including phenoxy) is 2. The molecule has 1 aliphatic rings. The third-order valence-electron chi connectivity index (χ3n) is 4.73. The average molecular weight is 403 g/mol. The highest BCUT2D eigenvalue weighted by Gasteiger charge is 2.21. The summed E-state index contributed by atoms with van der Waals surface area (Å²) in [6, 6.07) is 6.87. The lowest BCUT2D eigenvalue weighted by atomic mass is 9.90. The molecule has 2 N–H and O–H groups in total. The SMILES string of the molecule is CCCOc1ccc(C(=O)NNC(=O)c2cc3c(s2)CCC(C)C3)cc1OC. The summed E-state index contributed by atoms with van der Waals surface area (Å²) in [4.78, 5) is 26.7. The van der Waals surface area contributed by atoms with Gasteiger partial charge in [-0.3, -0.25) is 20.4 Å². The minimum atomic E-state index is -0.413. The van der Waals surface area contributed by atoms with Gasteiger partial charge in [0.05, 0.1) is 18.6 Å². The van der Waals surface area contributed by atoms with E-state index in [1.807, 2.05) is 13.0 Å². The van der Waals surface area contributed by atoms with E-state index in [-0.39, 0.29) is 5.91 Å².